The van der Waals surface area contributed by atoms with Gasteiger partial charge in [-0.1, -0.05) is 30.9 Å². The molecule has 1 amide bonds. The van der Waals surface area contributed by atoms with Crippen LogP contribution in [0.1, 0.15) is 44.6 Å². The lowest BCUT2D eigenvalue weighted by atomic mass is 9.48. The first-order valence-electron chi connectivity index (χ1n) is 10.2. The Bertz CT molecular complexity index is 738. The molecule has 4 heteroatoms. The van der Waals surface area contributed by atoms with Gasteiger partial charge >= 0.3 is 0 Å². The van der Waals surface area contributed by atoms with Crippen LogP contribution in [-0.2, 0) is 16.1 Å². The highest BCUT2D eigenvalue weighted by atomic mass is 16.5. The molecular formula is C23H29NO3. The van der Waals surface area contributed by atoms with E-state index in [9.17, 15) is 9.59 Å². The molecule has 4 aliphatic carbocycles. The van der Waals surface area contributed by atoms with Gasteiger partial charge in [-0.05, 0) is 51.0 Å². The highest BCUT2D eigenvalue weighted by Gasteiger charge is 2.58. The molecule has 0 aliphatic heterocycles. The molecule has 4 bridgehead atoms. The van der Waals surface area contributed by atoms with Crippen molar-refractivity contribution in [1.29, 1.82) is 0 Å². The van der Waals surface area contributed by atoms with Crippen LogP contribution >= 0.6 is 0 Å². The number of carbonyl (C=O) groups is 2. The van der Waals surface area contributed by atoms with E-state index in [1.807, 2.05) is 36.1 Å². The molecule has 1 aromatic carbocycles. The van der Waals surface area contributed by atoms with E-state index in [-0.39, 0.29) is 23.2 Å². The first-order chi connectivity index (χ1) is 13.1. The Labute approximate surface area is 161 Å². The lowest BCUT2D eigenvalue weighted by Gasteiger charge is -2.55. The summed E-state index contributed by atoms with van der Waals surface area (Å²) in [6.07, 6.45) is 6.25. The molecule has 0 saturated heterocycles. The third-order valence-corrected chi connectivity index (χ3v) is 6.81. The summed E-state index contributed by atoms with van der Waals surface area (Å²) in [6.45, 7) is 7.42. The van der Waals surface area contributed by atoms with Crippen LogP contribution in [0.5, 0.6) is 5.75 Å². The molecule has 5 rings (SSSR count). The molecule has 0 unspecified atom stereocenters. The van der Waals surface area contributed by atoms with Crippen molar-refractivity contribution in [2.24, 2.45) is 23.2 Å². The maximum Gasteiger partial charge on any atom is 0.229 e. The van der Waals surface area contributed by atoms with E-state index in [4.69, 9.17) is 4.74 Å². The SMILES string of the molecule is C=CCOc1ccccc1CN(CC)C(=O)C12CC3C[C@@H](C1)C(=O)[C@@H](C3)C2. The van der Waals surface area contributed by atoms with Crippen LogP contribution in [0, 0.1) is 23.2 Å². The first-order valence-corrected chi connectivity index (χ1v) is 10.2. The van der Waals surface area contributed by atoms with Crippen LogP contribution in [0.25, 0.3) is 0 Å². The quantitative estimate of drug-likeness (QED) is 0.685. The van der Waals surface area contributed by atoms with Crippen molar-refractivity contribution >= 4 is 11.7 Å². The van der Waals surface area contributed by atoms with Gasteiger partial charge in [0.05, 0.1) is 5.41 Å². The molecule has 4 aliphatic rings. The zero-order chi connectivity index (χ0) is 19.0. The van der Waals surface area contributed by atoms with Crippen molar-refractivity contribution in [3.8, 4) is 5.75 Å². The van der Waals surface area contributed by atoms with E-state index in [1.165, 1.54) is 0 Å². The summed E-state index contributed by atoms with van der Waals surface area (Å²) >= 11 is 0. The maximum absolute atomic E-state index is 13.6. The Balaban J connectivity index is 1.54. The van der Waals surface area contributed by atoms with Crippen molar-refractivity contribution in [2.75, 3.05) is 13.2 Å². The summed E-state index contributed by atoms with van der Waals surface area (Å²) in [5.41, 5.74) is 0.715. The third kappa shape index (κ3) is 3.19. The molecule has 27 heavy (non-hydrogen) atoms. The number of ketones is 1. The highest BCUT2D eigenvalue weighted by molar-refractivity contribution is 5.91. The molecule has 0 aromatic heterocycles. The Morgan fingerprint density at radius 1 is 1.26 bits per heavy atom. The van der Waals surface area contributed by atoms with Crippen LogP contribution in [0.15, 0.2) is 36.9 Å². The van der Waals surface area contributed by atoms with E-state index < -0.39 is 0 Å². The molecule has 0 radical (unpaired) electrons. The molecule has 144 valence electrons. The van der Waals surface area contributed by atoms with Gasteiger partial charge in [0.2, 0.25) is 5.91 Å². The van der Waals surface area contributed by atoms with E-state index in [0.29, 0.717) is 31.4 Å². The highest BCUT2D eigenvalue weighted by Crippen LogP contribution is 2.59. The van der Waals surface area contributed by atoms with Gasteiger partial charge in [-0.25, -0.2) is 0 Å². The predicted octanol–water partition coefficient (Wildman–Crippen LogP) is 4.00. The Morgan fingerprint density at radius 2 is 1.96 bits per heavy atom. The van der Waals surface area contributed by atoms with E-state index in [2.05, 4.69) is 6.58 Å². The summed E-state index contributed by atoms with van der Waals surface area (Å²) in [4.78, 5) is 28.1. The lowest BCUT2D eigenvalue weighted by Crippen LogP contribution is -2.57. The fourth-order valence-electron chi connectivity index (χ4n) is 5.80. The van der Waals surface area contributed by atoms with Crippen molar-refractivity contribution in [3.05, 3.63) is 42.5 Å². The number of amides is 1. The summed E-state index contributed by atoms with van der Waals surface area (Å²) in [5, 5.41) is 0. The van der Waals surface area contributed by atoms with Crippen molar-refractivity contribution in [1.82, 2.24) is 4.90 Å². The van der Waals surface area contributed by atoms with Gasteiger partial charge in [-0.3, -0.25) is 9.59 Å². The molecule has 0 spiro atoms. The van der Waals surface area contributed by atoms with Crippen LogP contribution in [-0.4, -0.2) is 29.7 Å². The number of nitrogens with zero attached hydrogens (tertiary/aromatic N) is 1. The molecule has 1 aromatic rings. The van der Waals surface area contributed by atoms with Gasteiger partial charge in [0, 0.05) is 30.5 Å². The van der Waals surface area contributed by atoms with E-state index in [0.717, 1.165) is 43.4 Å². The molecule has 4 fully saturated rings. The van der Waals surface area contributed by atoms with Gasteiger partial charge < -0.3 is 9.64 Å². The second kappa shape index (κ2) is 7.14. The fraction of sp³-hybridized carbons (Fsp3) is 0.565. The van der Waals surface area contributed by atoms with Crippen LogP contribution in [0.2, 0.25) is 0 Å². The normalized spacial score (nSPS) is 31.0. The average molecular weight is 367 g/mol. The Kier molecular flexibility index (Phi) is 4.83. The number of para-hydroxylation sites is 1. The summed E-state index contributed by atoms with van der Waals surface area (Å²) in [5.74, 6) is 2.30. The summed E-state index contributed by atoms with van der Waals surface area (Å²) in [7, 11) is 0. The Morgan fingerprint density at radius 3 is 2.63 bits per heavy atom. The molecule has 4 saturated carbocycles. The number of hydrogen-bond donors (Lipinski definition) is 0. The van der Waals surface area contributed by atoms with Gasteiger partial charge in [0.15, 0.2) is 0 Å². The number of ether oxygens (including phenoxy) is 1. The number of benzene rings is 1. The predicted molar refractivity (Wildman–Crippen MR) is 104 cm³/mol. The largest absolute Gasteiger partial charge is 0.489 e. The summed E-state index contributed by atoms with van der Waals surface area (Å²) in [6, 6.07) is 7.90. The second-order valence-electron chi connectivity index (χ2n) is 8.55. The summed E-state index contributed by atoms with van der Waals surface area (Å²) < 4.78 is 5.77. The molecule has 0 heterocycles. The topological polar surface area (TPSA) is 46.6 Å². The molecule has 2 atom stereocenters. The van der Waals surface area contributed by atoms with E-state index in [1.54, 1.807) is 6.08 Å². The fourth-order valence-corrected chi connectivity index (χ4v) is 5.80. The number of rotatable bonds is 7. The maximum atomic E-state index is 13.6. The molecular weight excluding hydrogens is 338 g/mol. The van der Waals surface area contributed by atoms with Crippen molar-refractivity contribution in [2.45, 2.75) is 45.6 Å². The van der Waals surface area contributed by atoms with Crippen molar-refractivity contribution < 1.29 is 14.3 Å². The third-order valence-electron chi connectivity index (χ3n) is 6.81. The number of Topliss-reactive ketones (excluding diaryl/α,β-unsaturated/α-hetero) is 1. The van der Waals surface area contributed by atoms with Gasteiger partial charge in [-0.15, -0.1) is 0 Å². The monoisotopic (exact) mass is 367 g/mol. The van der Waals surface area contributed by atoms with Gasteiger partial charge in [0.25, 0.3) is 0 Å². The van der Waals surface area contributed by atoms with Crippen LogP contribution in [0.4, 0.5) is 0 Å². The smallest absolute Gasteiger partial charge is 0.229 e. The van der Waals surface area contributed by atoms with Crippen molar-refractivity contribution in [3.63, 3.8) is 0 Å². The minimum Gasteiger partial charge on any atom is -0.489 e. The van der Waals surface area contributed by atoms with Gasteiger partial charge in [-0.2, -0.15) is 0 Å². The molecule has 0 N–H and O–H groups in total. The second-order valence-corrected chi connectivity index (χ2v) is 8.55. The zero-order valence-corrected chi connectivity index (χ0v) is 16.2. The minimum absolute atomic E-state index is 0.127. The minimum atomic E-state index is -0.308. The number of carbonyl (C=O) groups excluding carboxylic acids is 2. The zero-order valence-electron chi connectivity index (χ0n) is 16.2. The van der Waals surface area contributed by atoms with E-state index >= 15 is 0 Å². The first kappa shape index (κ1) is 18.3. The van der Waals surface area contributed by atoms with Gasteiger partial charge in [0.1, 0.15) is 18.1 Å². The Hall–Kier alpha value is -2.10. The van der Waals surface area contributed by atoms with Crippen LogP contribution in [0.3, 0.4) is 0 Å². The standard InChI is InChI=1S/C23H29NO3/c1-3-9-27-20-8-6-5-7-17(20)15-24(4-2)22(26)23-12-16-10-18(13-23)21(25)19(11-16)14-23/h3,5-8,16,18-19H,1,4,9-15H2,2H3/t16?,18-,19-,23?/m0/s1. The lowest BCUT2D eigenvalue weighted by molar-refractivity contribution is -0.164. The average Bonchev–Trinajstić information content (AvgIpc) is 2.68. The molecule has 4 nitrogen and oxygen atoms in total. The van der Waals surface area contributed by atoms with Crippen LogP contribution < -0.4 is 4.74 Å². The number of hydrogen-bond acceptors (Lipinski definition) is 3.